The molecule has 5 rings (SSSR count). The zero-order chi connectivity index (χ0) is 27.4. The summed E-state index contributed by atoms with van der Waals surface area (Å²) in [7, 11) is 0. The molecule has 11 heteroatoms. The molecule has 2 N–H and O–H groups in total. The van der Waals surface area contributed by atoms with Crippen molar-refractivity contribution >= 4 is 35.2 Å². The van der Waals surface area contributed by atoms with Crippen molar-refractivity contribution in [3.05, 3.63) is 22.2 Å². The van der Waals surface area contributed by atoms with Gasteiger partial charge in [-0.05, 0) is 58.3 Å². The topological polar surface area (TPSA) is 79.9 Å². The van der Waals surface area contributed by atoms with Crippen LogP contribution in [0.25, 0.3) is 0 Å². The molecule has 0 aromatic heterocycles. The molecule has 1 saturated carbocycles. The Morgan fingerprint density at radius 2 is 1.89 bits per heavy atom. The summed E-state index contributed by atoms with van der Waals surface area (Å²) in [5.41, 5.74) is 1.01. The summed E-state index contributed by atoms with van der Waals surface area (Å²) in [4.78, 5) is 27.6. The first kappa shape index (κ1) is 27.8. The molecule has 0 bridgehead atoms. The fraction of sp³-hybridized carbons (Fsp3) is 0.704. The van der Waals surface area contributed by atoms with E-state index in [2.05, 4.69) is 10.6 Å². The largest absolute Gasteiger partial charge is 0.448 e. The second-order valence-electron chi connectivity index (χ2n) is 11.4. The second-order valence-corrected chi connectivity index (χ2v) is 12.9. The summed E-state index contributed by atoms with van der Waals surface area (Å²) in [6.45, 7) is 5.61. The van der Waals surface area contributed by atoms with Gasteiger partial charge in [0.25, 0.3) is 17.6 Å². The minimum absolute atomic E-state index is 0.0443. The Hall–Kier alpha value is -1.78. The Bertz CT molecular complexity index is 1110. The summed E-state index contributed by atoms with van der Waals surface area (Å²) in [6.07, 6.45) is 6.04. The van der Waals surface area contributed by atoms with Gasteiger partial charge in [0.05, 0.1) is 24.0 Å². The molecule has 3 heterocycles. The van der Waals surface area contributed by atoms with E-state index in [9.17, 15) is 18.4 Å². The molecule has 4 unspecified atom stereocenters. The Labute approximate surface area is 231 Å². The molecule has 2 amide bonds. The van der Waals surface area contributed by atoms with E-state index in [-0.39, 0.29) is 60.6 Å². The highest BCUT2D eigenvalue weighted by Crippen LogP contribution is 2.52. The fourth-order valence-electron chi connectivity index (χ4n) is 6.39. The number of likely N-dealkylation sites (tertiary alicyclic amines) is 1. The van der Waals surface area contributed by atoms with Crippen molar-refractivity contribution in [1.82, 2.24) is 15.5 Å². The number of alkyl halides is 2. The number of ether oxygens (including phenoxy) is 2. The number of hydrogen-bond donors (Lipinski definition) is 2. The van der Waals surface area contributed by atoms with E-state index in [0.717, 1.165) is 32.1 Å². The lowest BCUT2D eigenvalue weighted by atomic mass is 9.80. The number of amides is 2. The fourth-order valence-corrected chi connectivity index (χ4v) is 7.66. The highest BCUT2D eigenvalue weighted by molar-refractivity contribution is 7.99. The van der Waals surface area contributed by atoms with Crippen LogP contribution >= 0.6 is 23.4 Å². The van der Waals surface area contributed by atoms with Crippen LogP contribution in [0.4, 0.5) is 8.78 Å². The second kappa shape index (κ2) is 10.3. The van der Waals surface area contributed by atoms with Crippen molar-refractivity contribution in [2.24, 2.45) is 11.8 Å². The third-order valence-corrected chi connectivity index (χ3v) is 10.1. The van der Waals surface area contributed by atoms with Crippen molar-refractivity contribution in [2.75, 3.05) is 25.9 Å². The molecule has 1 aromatic rings. The van der Waals surface area contributed by atoms with Gasteiger partial charge in [-0.1, -0.05) is 11.6 Å². The first-order chi connectivity index (χ1) is 17.9. The van der Waals surface area contributed by atoms with Gasteiger partial charge in [-0.2, -0.15) is 11.8 Å². The lowest BCUT2D eigenvalue weighted by Crippen LogP contribution is -2.61. The number of nitrogens with one attached hydrogen (secondary N) is 2. The highest BCUT2D eigenvalue weighted by atomic mass is 35.5. The van der Waals surface area contributed by atoms with Crippen LogP contribution in [0.3, 0.4) is 0 Å². The van der Waals surface area contributed by atoms with E-state index in [1.807, 2.05) is 25.0 Å². The summed E-state index contributed by atoms with van der Waals surface area (Å²) in [6, 6.07) is 1.88. The zero-order valence-electron chi connectivity index (χ0n) is 22.2. The number of nitrogens with zero attached hydrogens (tertiary/aromatic N) is 1. The molecule has 1 aromatic carbocycles. The molecular weight excluding hydrogens is 536 g/mol. The summed E-state index contributed by atoms with van der Waals surface area (Å²) in [5, 5.41) is 6.33. The molecule has 0 radical (unpaired) electrons. The van der Waals surface area contributed by atoms with Gasteiger partial charge in [0.1, 0.15) is 0 Å². The van der Waals surface area contributed by atoms with E-state index in [4.69, 9.17) is 21.1 Å². The van der Waals surface area contributed by atoms with Gasteiger partial charge in [-0.3, -0.25) is 14.5 Å². The van der Waals surface area contributed by atoms with Crippen molar-refractivity contribution in [1.29, 1.82) is 0 Å². The van der Waals surface area contributed by atoms with E-state index < -0.39 is 11.7 Å². The highest BCUT2D eigenvalue weighted by Gasteiger charge is 2.51. The van der Waals surface area contributed by atoms with E-state index in [0.29, 0.717) is 27.6 Å². The van der Waals surface area contributed by atoms with Crippen LogP contribution < -0.4 is 20.1 Å². The average Bonchev–Trinajstić information content (AvgIpc) is 3.23. The first-order valence-electron chi connectivity index (χ1n) is 13.3. The normalized spacial score (nSPS) is 34.4. The van der Waals surface area contributed by atoms with Gasteiger partial charge in [-0.15, -0.1) is 0 Å². The number of carbonyl (C=O) groups is 2. The number of hydrogen-bond acceptors (Lipinski definition) is 6. The Balaban J connectivity index is 1.24. The predicted octanol–water partition coefficient (Wildman–Crippen LogP) is 4.63. The van der Waals surface area contributed by atoms with E-state index >= 15 is 0 Å². The molecule has 38 heavy (non-hydrogen) atoms. The number of fused-ring (bicyclic) bond motifs is 1. The molecule has 4 aliphatic rings. The van der Waals surface area contributed by atoms with Crippen LogP contribution in [0.15, 0.2) is 6.07 Å². The van der Waals surface area contributed by atoms with Crippen molar-refractivity contribution in [2.45, 2.75) is 81.9 Å². The van der Waals surface area contributed by atoms with E-state index in [1.165, 1.54) is 0 Å². The number of rotatable bonds is 6. The number of thioether (sulfide) groups is 1. The first-order valence-corrected chi connectivity index (χ1v) is 15.0. The molecule has 3 fully saturated rings. The smallest absolute Gasteiger partial charge is 0.272 e. The van der Waals surface area contributed by atoms with Gasteiger partial charge in [-0.25, -0.2) is 8.78 Å². The van der Waals surface area contributed by atoms with Crippen molar-refractivity contribution in [3.63, 3.8) is 0 Å². The zero-order valence-corrected chi connectivity index (χ0v) is 23.8. The molecule has 4 atom stereocenters. The third-order valence-electron chi connectivity index (χ3n) is 8.66. The van der Waals surface area contributed by atoms with Crippen LogP contribution in [0.2, 0.25) is 5.02 Å². The molecule has 0 spiro atoms. The van der Waals surface area contributed by atoms with Crippen molar-refractivity contribution in [3.8, 4) is 11.5 Å². The monoisotopic (exact) mass is 571 g/mol. The van der Waals surface area contributed by atoms with E-state index in [1.54, 1.807) is 24.8 Å². The molecule has 1 aliphatic carbocycles. The Kier molecular flexibility index (Phi) is 7.54. The van der Waals surface area contributed by atoms with Crippen molar-refractivity contribution < 1.29 is 27.8 Å². The number of carbonyl (C=O) groups excluding carboxylic acids is 2. The maximum Gasteiger partial charge on any atom is 0.272 e. The summed E-state index contributed by atoms with van der Waals surface area (Å²) in [5.74, 6) is -3.22. The average molecular weight is 572 g/mol. The van der Waals surface area contributed by atoms with Gasteiger partial charge >= 0.3 is 0 Å². The quantitative estimate of drug-likeness (QED) is 0.518. The van der Waals surface area contributed by atoms with Gasteiger partial charge in [0, 0.05) is 47.8 Å². The van der Waals surface area contributed by atoms with Crippen LogP contribution in [0.5, 0.6) is 11.5 Å². The standard InChI is InChI=1S/C27H36ClF2N3O4S/c1-14-9-21(38-4)19(25(35)32-14)11-31-24(34)18-10-20(28)23-22(15(18)2)36-26(3,37-23)16-5-7-17(8-6-16)33-12-27(29,30)13-33/h10,14,16-17,19,21H,5-9,11-13H2,1-4H3,(H,31,34)(H,32,35). The SMILES string of the molecule is CSC1CC(C)NC(=O)C1CNC(=O)c1cc(Cl)c2c(c1C)OC(C)(C1CCC(N3CC(F)(F)C3)CC1)O2. The van der Waals surface area contributed by atoms with Crippen LogP contribution in [-0.2, 0) is 4.79 Å². The predicted molar refractivity (Wildman–Crippen MR) is 143 cm³/mol. The molecule has 3 aliphatic heterocycles. The minimum Gasteiger partial charge on any atom is -0.448 e. The Morgan fingerprint density at radius 1 is 1.24 bits per heavy atom. The Morgan fingerprint density at radius 3 is 2.53 bits per heavy atom. The molecule has 210 valence electrons. The van der Waals surface area contributed by atoms with Crippen LogP contribution in [-0.4, -0.2) is 71.6 Å². The number of halogens is 3. The molecular formula is C27H36ClF2N3O4S. The summed E-state index contributed by atoms with van der Waals surface area (Å²) >= 11 is 8.22. The molecule has 7 nitrogen and oxygen atoms in total. The van der Waals surface area contributed by atoms with Gasteiger partial charge in [0.15, 0.2) is 11.5 Å². The summed E-state index contributed by atoms with van der Waals surface area (Å²) < 4.78 is 39.3. The number of piperidine rings is 1. The van der Waals surface area contributed by atoms with Crippen LogP contribution in [0, 0.1) is 18.8 Å². The molecule has 2 saturated heterocycles. The lowest BCUT2D eigenvalue weighted by molar-refractivity contribution is -0.162. The van der Waals surface area contributed by atoms with Gasteiger partial charge < -0.3 is 20.1 Å². The third kappa shape index (κ3) is 5.20. The lowest BCUT2D eigenvalue weighted by Gasteiger charge is -2.47. The number of benzene rings is 1. The van der Waals surface area contributed by atoms with Crippen LogP contribution in [0.1, 0.15) is 61.9 Å². The maximum absolute atomic E-state index is 13.3. The minimum atomic E-state index is -2.56. The maximum atomic E-state index is 13.3. The van der Waals surface area contributed by atoms with Gasteiger partial charge in [0.2, 0.25) is 5.91 Å².